The number of rotatable bonds is 4. The fourth-order valence-electron chi connectivity index (χ4n) is 4.26. The molecule has 0 bridgehead atoms. The van der Waals surface area contributed by atoms with Gasteiger partial charge in [-0.3, -0.25) is 4.79 Å². The number of hydrogen-bond donors (Lipinski definition) is 1. The Bertz CT molecular complexity index is 1360. The average Bonchev–Trinajstić information content (AvgIpc) is 3.46. The molecule has 1 aliphatic heterocycles. The molecule has 2 fully saturated rings. The molecule has 1 saturated carbocycles. The van der Waals surface area contributed by atoms with Crippen LogP contribution in [0.5, 0.6) is 0 Å². The summed E-state index contributed by atoms with van der Waals surface area (Å²) in [5.41, 5.74) is 1.51. The van der Waals surface area contributed by atoms with Gasteiger partial charge < -0.3 is 5.32 Å². The zero-order valence-electron chi connectivity index (χ0n) is 17.7. The first-order valence-electron chi connectivity index (χ1n) is 10.6. The zero-order chi connectivity index (χ0) is 23.5. The van der Waals surface area contributed by atoms with Gasteiger partial charge >= 0.3 is 6.18 Å². The summed E-state index contributed by atoms with van der Waals surface area (Å²) in [4.78, 5) is 17.9. The molecule has 7 nitrogen and oxygen atoms in total. The highest BCUT2D eigenvalue weighted by Crippen LogP contribution is 2.41. The van der Waals surface area contributed by atoms with Gasteiger partial charge in [0.25, 0.3) is 5.91 Å². The van der Waals surface area contributed by atoms with E-state index in [2.05, 4.69) is 10.4 Å². The van der Waals surface area contributed by atoms with Crippen LogP contribution in [0.15, 0.2) is 30.3 Å². The van der Waals surface area contributed by atoms with Crippen LogP contribution in [0.4, 0.5) is 18.9 Å². The van der Waals surface area contributed by atoms with Gasteiger partial charge in [0.1, 0.15) is 0 Å². The standard InChI is InChI=1S/C22H21F3N4O3S/c1-12-19-17(21(30)26-15-6-4-14(5-7-15)22(23,24)25)10-18(13-2-3-13)27-20(19)29(28-12)16-8-9-33(31,32)11-16/h4-7,10,13,16H,2-3,8-9,11H2,1H3,(H,26,30). The Balaban J connectivity index is 1.54. The number of nitrogens with one attached hydrogen (secondary N) is 1. The molecule has 2 aromatic heterocycles. The van der Waals surface area contributed by atoms with Crippen molar-refractivity contribution in [3.05, 3.63) is 52.8 Å². The summed E-state index contributed by atoms with van der Waals surface area (Å²) >= 11 is 0. The number of halogens is 3. The molecule has 1 aromatic carbocycles. The van der Waals surface area contributed by atoms with Gasteiger partial charge in [0.15, 0.2) is 15.5 Å². The lowest BCUT2D eigenvalue weighted by Gasteiger charge is -2.12. The van der Waals surface area contributed by atoms with Crippen LogP contribution >= 0.6 is 0 Å². The molecule has 0 spiro atoms. The zero-order valence-corrected chi connectivity index (χ0v) is 18.5. The van der Waals surface area contributed by atoms with E-state index in [1.54, 1.807) is 17.7 Å². The number of aromatic nitrogens is 3. The van der Waals surface area contributed by atoms with Gasteiger partial charge in [-0.25, -0.2) is 18.1 Å². The predicted molar refractivity (Wildman–Crippen MR) is 116 cm³/mol. The number of benzene rings is 1. The summed E-state index contributed by atoms with van der Waals surface area (Å²) in [6.07, 6.45) is -2.13. The minimum atomic E-state index is -4.46. The Morgan fingerprint density at radius 3 is 2.42 bits per heavy atom. The Kier molecular flexibility index (Phi) is 5.00. The molecular formula is C22H21F3N4O3S. The highest BCUT2D eigenvalue weighted by atomic mass is 32.2. The monoisotopic (exact) mass is 478 g/mol. The maximum absolute atomic E-state index is 13.2. The van der Waals surface area contributed by atoms with Crippen molar-refractivity contribution in [2.75, 3.05) is 16.8 Å². The summed E-state index contributed by atoms with van der Waals surface area (Å²) in [7, 11) is -3.15. The molecule has 3 heterocycles. The van der Waals surface area contributed by atoms with Crippen molar-refractivity contribution in [1.82, 2.24) is 14.8 Å². The summed E-state index contributed by atoms with van der Waals surface area (Å²) in [5.74, 6) is -0.193. The molecule has 2 aliphatic rings. The minimum Gasteiger partial charge on any atom is -0.322 e. The van der Waals surface area contributed by atoms with Crippen molar-refractivity contribution >= 4 is 32.5 Å². The second kappa shape index (κ2) is 7.54. The number of carbonyl (C=O) groups is 1. The Morgan fingerprint density at radius 1 is 1.15 bits per heavy atom. The number of alkyl halides is 3. The second-order valence-corrected chi connectivity index (χ2v) is 10.9. The van der Waals surface area contributed by atoms with E-state index in [0.717, 1.165) is 30.7 Å². The summed E-state index contributed by atoms with van der Waals surface area (Å²) in [5, 5.41) is 7.72. The lowest BCUT2D eigenvalue weighted by Crippen LogP contribution is -2.15. The van der Waals surface area contributed by atoms with E-state index in [-0.39, 0.29) is 29.2 Å². The van der Waals surface area contributed by atoms with E-state index >= 15 is 0 Å². The number of amides is 1. The van der Waals surface area contributed by atoms with Crippen LogP contribution in [0, 0.1) is 6.92 Å². The van der Waals surface area contributed by atoms with Crippen molar-refractivity contribution in [3.63, 3.8) is 0 Å². The third-order valence-corrected chi connectivity index (χ3v) is 7.87. The van der Waals surface area contributed by atoms with Gasteiger partial charge in [-0.15, -0.1) is 0 Å². The van der Waals surface area contributed by atoms with Crippen LogP contribution in [-0.2, 0) is 16.0 Å². The van der Waals surface area contributed by atoms with Gasteiger partial charge in [0.05, 0.1) is 39.8 Å². The van der Waals surface area contributed by atoms with Gasteiger partial charge in [-0.05, 0) is 56.5 Å². The normalized spacial score (nSPS) is 20.3. The van der Waals surface area contributed by atoms with Gasteiger partial charge in [-0.1, -0.05) is 0 Å². The maximum atomic E-state index is 13.2. The molecule has 1 N–H and O–H groups in total. The quantitative estimate of drug-likeness (QED) is 0.605. The number of anilines is 1. The third kappa shape index (κ3) is 4.21. The maximum Gasteiger partial charge on any atom is 0.416 e. The van der Waals surface area contributed by atoms with Crippen LogP contribution in [-0.4, -0.2) is 40.6 Å². The lowest BCUT2D eigenvalue weighted by molar-refractivity contribution is -0.137. The van der Waals surface area contributed by atoms with Gasteiger partial charge in [0.2, 0.25) is 0 Å². The molecule has 1 amide bonds. The van der Waals surface area contributed by atoms with Crippen molar-refractivity contribution in [1.29, 1.82) is 0 Å². The van der Waals surface area contributed by atoms with Gasteiger partial charge in [0, 0.05) is 17.3 Å². The summed E-state index contributed by atoms with van der Waals surface area (Å²) in [6, 6.07) is 5.61. The summed E-state index contributed by atoms with van der Waals surface area (Å²) in [6.45, 7) is 1.73. The van der Waals surface area contributed by atoms with Crippen LogP contribution in [0.2, 0.25) is 0 Å². The second-order valence-electron chi connectivity index (χ2n) is 8.68. The third-order valence-electron chi connectivity index (χ3n) is 6.12. The van der Waals surface area contributed by atoms with Gasteiger partial charge in [-0.2, -0.15) is 18.3 Å². The first-order chi connectivity index (χ1) is 15.5. The SMILES string of the molecule is Cc1nn(C2CCS(=O)(=O)C2)c2nc(C3CC3)cc(C(=O)Nc3ccc(C(F)(F)F)cc3)c12. The highest BCUT2D eigenvalue weighted by molar-refractivity contribution is 7.91. The van der Waals surface area contributed by atoms with Crippen molar-refractivity contribution in [3.8, 4) is 0 Å². The molecule has 0 radical (unpaired) electrons. The van der Waals surface area contributed by atoms with Crippen molar-refractivity contribution in [2.24, 2.45) is 0 Å². The molecule has 33 heavy (non-hydrogen) atoms. The first kappa shape index (κ1) is 21.9. The number of hydrogen-bond acceptors (Lipinski definition) is 5. The van der Waals surface area contributed by atoms with Crippen LogP contribution in [0.1, 0.15) is 58.5 Å². The fourth-order valence-corrected chi connectivity index (χ4v) is 5.96. The summed E-state index contributed by atoms with van der Waals surface area (Å²) < 4.78 is 64.1. The number of nitrogens with zero attached hydrogens (tertiary/aromatic N) is 3. The number of fused-ring (bicyclic) bond motifs is 1. The van der Waals surface area contributed by atoms with Crippen LogP contribution in [0.3, 0.4) is 0 Å². The largest absolute Gasteiger partial charge is 0.416 e. The number of aryl methyl sites for hydroxylation is 1. The topological polar surface area (TPSA) is 93.9 Å². The van der Waals surface area contributed by atoms with E-state index in [9.17, 15) is 26.4 Å². The number of pyridine rings is 1. The fraction of sp³-hybridized carbons (Fsp3) is 0.409. The average molecular weight is 478 g/mol. The number of carbonyl (C=O) groups excluding carboxylic acids is 1. The Labute approximate surface area is 187 Å². The number of sulfone groups is 1. The predicted octanol–water partition coefficient (Wildman–Crippen LogP) is 4.25. The van der Waals surface area contributed by atoms with E-state index < -0.39 is 27.5 Å². The van der Waals surface area contributed by atoms with E-state index in [0.29, 0.717) is 28.7 Å². The highest BCUT2D eigenvalue weighted by Gasteiger charge is 2.34. The van der Waals surface area contributed by atoms with Crippen LogP contribution < -0.4 is 5.32 Å². The molecule has 11 heteroatoms. The first-order valence-corrected chi connectivity index (χ1v) is 12.4. The molecular weight excluding hydrogens is 457 g/mol. The molecule has 5 rings (SSSR count). The van der Waals surface area contributed by atoms with Crippen LogP contribution in [0.25, 0.3) is 11.0 Å². The molecule has 1 unspecified atom stereocenters. The molecule has 174 valence electrons. The van der Waals surface area contributed by atoms with Crippen molar-refractivity contribution < 1.29 is 26.4 Å². The Morgan fingerprint density at radius 2 is 1.85 bits per heavy atom. The molecule has 3 aromatic rings. The van der Waals surface area contributed by atoms with E-state index in [1.165, 1.54) is 12.1 Å². The molecule has 1 atom stereocenters. The minimum absolute atomic E-state index is 0.0222. The molecule has 1 saturated heterocycles. The Hall–Kier alpha value is -2.95. The van der Waals surface area contributed by atoms with E-state index in [4.69, 9.17) is 4.98 Å². The van der Waals surface area contributed by atoms with Crippen molar-refractivity contribution in [2.45, 2.75) is 44.3 Å². The van der Waals surface area contributed by atoms with E-state index in [1.807, 2.05) is 0 Å². The molecule has 1 aliphatic carbocycles. The lowest BCUT2D eigenvalue weighted by atomic mass is 10.1. The smallest absolute Gasteiger partial charge is 0.322 e.